The van der Waals surface area contributed by atoms with Gasteiger partial charge in [0.25, 0.3) is 0 Å². The minimum Gasteiger partial charge on any atom is -0.494 e. The van der Waals surface area contributed by atoms with Crippen LogP contribution in [0.3, 0.4) is 0 Å². The van der Waals surface area contributed by atoms with E-state index in [1.807, 2.05) is 6.08 Å². The van der Waals surface area contributed by atoms with E-state index in [-0.39, 0.29) is 22.9 Å². The third-order valence-electron chi connectivity index (χ3n) is 14.4. The average molecular weight is 687 g/mol. The number of ether oxygens (including phenoxy) is 2. The smallest absolute Gasteiger partial charge is 0.119 e. The van der Waals surface area contributed by atoms with Crippen molar-refractivity contribution < 1.29 is 29.9 Å². The summed E-state index contributed by atoms with van der Waals surface area (Å²) in [6.07, 6.45) is 14.5. The van der Waals surface area contributed by atoms with Gasteiger partial charge in [0.2, 0.25) is 0 Å². The van der Waals surface area contributed by atoms with Crippen LogP contribution in [0.1, 0.15) is 126 Å². The van der Waals surface area contributed by atoms with E-state index in [2.05, 4.69) is 70.2 Å². The van der Waals surface area contributed by atoms with Crippen LogP contribution in [0, 0.1) is 34.5 Å². The number of aliphatic hydroxyl groups is 4. The highest BCUT2D eigenvalue weighted by molar-refractivity contribution is 5.42. The van der Waals surface area contributed by atoms with E-state index in [4.69, 9.17) is 9.47 Å². The molecule has 8 rings (SSSR count). The monoisotopic (exact) mass is 686 g/mol. The quantitative estimate of drug-likeness (QED) is 0.167. The zero-order valence-corrected chi connectivity index (χ0v) is 30.9. The minimum absolute atomic E-state index is 0.0279. The number of hydrogen-bond donors (Lipinski definition) is 4. The number of allylic oxidation sites excluding steroid dienone is 1. The fraction of sp³-hybridized carbons (Fsp3) is 0.682. The molecule has 0 radical (unpaired) electrons. The maximum Gasteiger partial charge on any atom is 0.119 e. The molecule has 3 fully saturated rings. The van der Waals surface area contributed by atoms with Gasteiger partial charge in [-0.3, -0.25) is 0 Å². The molecule has 0 aliphatic heterocycles. The van der Waals surface area contributed by atoms with E-state index in [0.29, 0.717) is 29.6 Å². The van der Waals surface area contributed by atoms with Crippen molar-refractivity contribution in [2.75, 3.05) is 13.2 Å². The Hall–Kier alpha value is -2.38. The minimum atomic E-state index is -1.01. The number of benzene rings is 2. The van der Waals surface area contributed by atoms with Crippen molar-refractivity contribution in [1.29, 1.82) is 0 Å². The molecule has 0 aromatic heterocycles. The fourth-order valence-corrected chi connectivity index (χ4v) is 11.5. The first-order chi connectivity index (χ1) is 24.1. The summed E-state index contributed by atoms with van der Waals surface area (Å²) in [6.45, 7) is 10.3. The van der Waals surface area contributed by atoms with Crippen LogP contribution in [0.15, 0.2) is 48.6 Å². The van der Waals surface area contributed by atoms with Gasteiger partial charge in [-0.25, -0.2) is 0 Å². The van der Waals surface area contributed by atoms with Gasteiger partial charge in [-0.1, -0.05) is 64.8 Å². The molecule has 0 bridgehead atoms. The second-order valence-electron chi connectivity index (χ2n) is 17.1. The second-order valence-corrected chi connectivity index (χ2v) is 17.1. The molecule has 0 heterocycles. The van der Waals surface area contributed by atoms with Crippen molar-refractivity contribution >= 4 is 0 Å². The number of aryl methyl sites for hydroxylation is 2. The molecule has 6 aliphatic carbocycles. The summed E-state index contributed by atoms with van der Waals surface area (Å²) in [5.74, 6) is 4.60. The van der Waals surface area contributed by atoms with Crippen LogP contribution in [-0.2, 0) is 12.8 Å². The van der Waals surface area contributed by atoms with E-state index < -0.39 is 18.3 Å². The maximum absolute atomic E-state index is 10.6. The number of fused-ring (bicyclic) bond motifs is 10. The summed E-state index contributed by atoms with van der Waals surface area (Å²) < 4.78 is 11.8. The fourth-order valence-electron chi connectivity index (χ4n) is 11.5. The SMILES string of the molecule is CCCCOc1ccc2c(c1)CCC1C2CC[C@@]2(C)[C@H]1C(O)C(O)[C@@H]2O.CCCCOc1ccc2c(c1)CCC1C2CC[C@]2(C)[C@@H](O)C=C[C@@H]12. The highest BCUT2D eigenvalue weighted by Gasteiger charge is 2.62. The van der Waals surface area contributed by atoms with Gasteiger partial charge in [0, 0.05) is 10.8 Å². The average Bonchev–Trinajstić information content (AvgIpc) is 3.52. The highest BCUT2D eigenvalue weighted by Crippen LogP contribution is 2.61. The van der Waals surface area contributed by atoms with Crippen molar-refractivity contribution in [2.45, 2.75) is 141 Å². The van der Waals surface area contributed by atoms with E-state index in [9.17, 15) is 20.4 Å². The van der Waals surface area contributed by atoms with Crippen molar-refractivity contribution in [2.24, 2.45) is 34.5 Å². The predicted molar refractivity (Wildman–Crippen MR) is 198 cm³/mol. The van der Waals surface area contributed by atoms with Gasteiger partial charge in [0.1, 0.15) is 17.6 Å². The molecule has 4 N–H and O–H groups in total. The lowest BCUT2D eigenvalue weighted by molar-refractivity contribution is -0.0505. The summed E-state index contributed by atoms with van der Waals surface area (Å²) >= 11 is 0. The summed E-state index contributed by atoms with van der Waals surface area (Å²) in [5, 5.41) is 41.8. The zero-order valence-electron chi connectivity index (χ0n) is 30.9. The Kier molecular flexibility index (Phi) is 10.5. The number of unbranched alkanes of at least 4 members (excludes halogenated alkanes) is 2. The molecule has 12 atom stereocenters. The Bertz CT molecular complexity index is 1520. The molecule has 2 aromatic rings. The van der Waals surface area contributed by atoms with Crippen molar-refractivity contribution in [3.8, 4) is 11.5 Å². The van der Waals surface area contributed by atoms with Gasteiger partial charge in [-0.05, 0) is 146 Å². The Labute approximate surface area is 300 Å². The maximum atomic E-state index is 10.6. The van der Waals surface area contributed by atoms with Crippen molar-refractivity contribution in [3.63, 3.8) is 0 Å². The predicted octanol–water partition coefficient (Wildman–Crippen LogP) is 7.88. The molecule has 0 spiro atoms. The van der Waals surface area contributed by atoms with Gasteiger partial charge in [-0.2, -0.15) is 0 Å². The standard InChI is InChI=1S/C22H32O4.C22H30O2/c1-3-4-11-26-14-6-8-15-13(12-14)5-7-17-16(15)9-10-22(2)18(17)19(23)20(24)21(22)25;1-3-4-13-24-16-6-8-17-15(14-16)5-7-19-18(17)11-12-22(2)20(19)9-10-21(22)23/h6,8,12,16-21,23-25H,3-5,7,9-11H2,1-2H3;6,8-10,14,18-21,23H,3-5,7,11-13H2,1-2H3/t16?,17?,18-,19?,20?,21+,22+;18?,19?,20-,21-,22-/m10/s1. The van der Waals surface area contributed by atoms with Gasteiger partial charge in [-0.15, -0.1) is 0 Å². The molecule has 6 unspecified atom stereocenters. The molecular formula is C44H62O6. The van der Waals surface area contributed by atoms with Crippen LogP contribution in [0.2, 0.25) is 0 Å². The van der Waals surface area contributed by atoms with Crippen LogP contribution < -0.4 is 9.47 Å². The highest BCUT2D eigenvalue weighted by atomic mass is 16.5. The molecule has 274 valence electrons. The van der Waals surface area contributed by atoms with Crippen molar-refractivity contribution in [1.82, 2.24) is 0 Å². The number of rotatable bonds is 8. The summed E-state index contributed by atoms with van der Waals surface area (Å²) in [5.41, 5.74) is 5.50. The lowest BCUT2D eigenvalue weighted by Crippen LogP contribution is -2.46. The molecule has 0 amide bonds. The van der Waals surface area contributed by atoms with Gasteiger partial charge >= 0.3 is 0 Å². The normalized spacial score (nSPS) is 39.1. The lowest BCUT2D eigenvalue weighted by Gasteiger charge is -2.50. The third-order valence-corrected chi connectivity index (χ3v) is 14.4. The van der Waals surface area contributed by atoms with Crippen LogP contribution >= 0.6 is 0 Å². The van der Waals surface area contributed by atoms with Gasteiger partial charge in [0.15, 0.2) is 0 Å². The summed E-state index contributed by atoms with van der Waals surface area (Å²) in [4.78, 5) is 0. The van der Waals surface area contributed by atoms with E-state index in [1.54, 1.807) is 5.56 Å². The Balaban J connectivity index is 0.000000157. The summed E-state index contributed by atoms with van der Waals surface area (Å²) in [6, 6.07) is 13.3. The Morgan fingerprint density at radius 3 is 1.78 bits per heavy atom. The van der Waals surface area contributed by atoms with Crippen LogP contribution in [0.25, 0.3) is 0 Å². The number of aliphatic hydroxyl groups excluding tert-OH is 4. The molecule has 2 aromatic carbocycles. The lowest BCUT2D eigenvalue weighted by atomic mass is 9.55. The third kappa shape index (κ3) is 6.24. The molecule has 3 saturated carbocycles. The van der Waals surface area contributed by atoms with E-state index >= 15 is 0 Å². The molecule has 6 aliphatic rings. The first kappa shape index (κ1) is 36.0. The van der Waals surface area contributed by atoms with Gasteiger partial charge in [0.05, 0.1) is 31.5 Å². The van der Waals surface area contributed by atoms with E-state index in [1.165, 1.54) is 36.0 Å². The van der Waals surface area contributed by atoms with Crippen molar-refractivity contribution in [3.05, 3.63) is 70.8 Å². The summed E-state index contributed by atoms with van der Waals surface area (Å²) in [7, 11) is 0. The van der Waals surface area contributed by atoms with Gasteiger partial charge < -0.3 is 29.9 Å². The molecular weight excluding hydrogens is 624 g/mol. The van der Waals surface area contributed by atoms with Crippen LogP contribution in [-0.4, -0.2) is 58.1 Å². The zero-order chi connectivity index (χ0) is 35.2. The Morgan fingerprint density at radius 2 is 1.20 bits per heavy atom. The second kappa shape index (κ2) is 14.6. The van der Waals surface area contributed by atoms with Crippen LogP contribution in [0.4, 0.5) is 0 Å². The first-order valence-corrected chi connectivity index (χ1v) is 20.0. The molecule has 6 heteroatoms. The number of hydrogen-bond acceptors (Lipinski definition) is 6. The molecule has 6 nitrogen and oxygen atoms in total. The molecule has 50 heavy (non-hydrogen) atoms. The first-order valence-electron chi connectivity index (χ1n) is 20.0. The largest absolute Gasteiger partial charge is 0.494 e. The topological polar surface area (TPSA) is 99.4 Å². The molecule has 0 saturated heterocycles. The Morgan fingerprint density at radius 1 is 0.660 bits per heavy atom. The van der Waals surface area contributed by atoms with Crippen LogP contribution in [0.5, 0.6) is 11.5 Å². The van der Waals surface area contributed by atoms with E-state index in [0.717, 1.165) is 82.5 Å².